The molecule has 0 heterocycles. The second-order valence-electron chi connectivity index (χ2n) is 5.24. The summed E-state index contributed by atoms with van der Waals surface area (Å²) in [4.78, 5) is 23.7. The van der Waals surface area contributed by atoms with Gasteiger partial charge < -0.3 is 14.2 Å². The van der Waals surface area contributed by atoms with Crippen molar-refractivity contribution in [3.63, 3.8) is 0 Å². The van der Waals surface area contributed by atoms with E-state index in [4.69, 9.17) is 9.47 Å². The number of benzene rings is 2. The van der Waals surface area contributed by atoms with Crippen molar-refractivity contribution in [2.75, 3.05) is 13.2 Å². The van der Waals surface area contributed by atoms with Crippen LogP contribution in [0, 0.1) is 0 Å². The highest BCUT2D eigenvalue weighted by molar-refractivity contribution is 5.95. The number of ether oxygens (including phenoxy) is 3. The number of hydrogen-bond acceptors (Lipinski definition) is 5. The van der Waals surface area contributed by atoms with Gasteiger partial charge in [-0.3, -0.25) is 20.4 Å². The molecular formula is C18H17F3N2O5. The number of amides is 2. The van der Waals surface area contributed by atoms with Gasteiger partial charge in [-0.15, -0.1) is 13.2 Å². The first kappa shape index (κ1) is 20.9. The maximum atomic E-state index is 12.1. The molecule has 0 aliphatic rings. The minimum absolute atomic E-state index is 0.0254. The van der Waals surface area contributed by atoms with E-state index in [0.29, 0.717) is 18.1 Å². The number of hydrazine groups is 1. The lowest BCUT2D eigenvalue weighted by atomic mass is 10.2. The minimum atomic E-state index is -4.82. The van der Waals surface area contributed by atoms with Gasteiger partial charge >= 0.3 is 6.36 Å². The molecule has 0 aromatic heterocycles. The summed E-state index contributed by atoms with van der Waals surface area (Å²) < 4.78 is 50.7. The van der Waals surface area contributed by atoms with Crippen molar-refractivity contribution >= 4 is 11.8 Å². The molecule has 0 unspecified atom stereocenters. The van der Waals surface area contributed by atoms with E-state index in [2.05, 4.69) is 15.6 Å². The van der Waals surface area contributed by atoms with Crippen LogP contribution >= 0.6 is 0 Å². The molecule has 0 bridgehead atoms. The molecule has 10 heteroatoms. The van der Waals surface area contributed by atoms with Crippen molar-refractivity contribution in [1.82, 2.24) is 10.9 Å². The van der Waals surface area contributed by atoms with E-state index < -0.39 is 23.9 Å². The molecule has 2 aromatic carbocycles. The first-order valence-corrected chi connectivity index (χ1v) is 8.08. The van der Waals surface area contributed by atoms with Crippen molar-refractivity contribution < 1.29 is 37.0 Å². The third-order valence-electron chi connectivity index (χ3n) is 3.17. The van der Waals surface area contributed by atoms with Gasteiger partial charge in [0.1, 0.15) is 5.75 Å². The summed E-state index contributed by atoms with van der Waals surface area (Å²) in [5, 5.41) is 0. The van der Waals surface area contributed by atoms with Gasteiger partial charge in [0.15, 0.2) is 18.1 Å². The number of para-hydroxylation sites is 2. The molecule has 0 atom stereocenters. The first-order chi connectivity index (χ1) is 13.3. The van der Waals surface area contributed by atoms with Crippen LogP contribution in [0.3, 0.4) is 0 Å². The van der Waals surface area contributed by atoms with Gasteiger partial charge in [-0.2, -0.15) is 0 Å². The number of rotatable bonds is 7. The van der Waals surface area contributed by atoms with E-state index in [0.717, 1.165) is 24.3 Å². The van der Waals surface area contributed by atoms with E-state index >= 15 is 0 Å². The molecule has 0 saturated carbocycles. The molecule has 28 heavy (non-hydrogen) atoms. The second kappa shape index (κ2) is 9.49. The third kappa shape index (κ3) is 6.71. The van der Waals surface area contributed by atoms with Crippen molar-refractivity contribution in [2.24, 2.45) is 0 Å². The summed E-state index contributed by atoms with van der Waals surface area (Å²) in [5.74, 6) is -0.984. The number of carbonyl (C=O) groups is 2. The third-order valence-corrected chi connectivity index (χ3v) is 3.17. The fourth-order valence-corrected chi connectivity index (χ4v) is 2.03. The Morgan fingerprint density at radius 3 is 2.11 bits per heavy atom. The predicted molar refractivity (Wildman–Crippen MR) is 91.8 cm³/mol. The largest absolute Gasteiger partial charge is 0.573 e. The standard InChI is InChI=1S/C18H17F3N2O5/c1-2-26-14-5-3-4-6-15(14)27-11-16(24)22-23-17(25)12-7-9-13(10-8-12)28-18(19,20)21/h3-10H,2,11H2,1H3,(H,22,24)(H,23,25). The van der Waals surface area contributed by atoms with Crippen molar-refractivity contribution in [3.05, 3.63) is 54.1 Å². The molecule has 0 aliphatic heterocycles. The van der Waals surface area contributed by atoms with E-state index in [1.54, 1.807) is 31.2 Å². The summed E-state index contributed by atoms with van der Waals surface area (Å²) in [7, 11) is 0. The fourth-order valence-electron chi connectivity index (χ4n) is 2.03. The van der Waals surface area contributed by atoms with Crippen molar-refractivity contribution in [3.8, 4) is 17.2 Å². The highest BCUT2D eigenvalue weighted by Crippen LogP contribution is 2.26. The Kier molecular flexibility index (Phi) is 7.08. The van der Waals surface area contributed by atoms with Crippen LogP contribution in [-0.2, 0) is 4.79 Å². The molecule has 7 nitrogen and oxygen atoms in total. The lowest BCUT2D eigenvalue weighted by Gasteiger charge is -2.12. The van der Waals surface area contributed by atoms with Crippen LogP contribution in [0.5, 0.6) is 17.2 Å². The number of alkyl halides is 3. The van der Waals surface area contributed by atoms with E-state index in [1.807, 2.05) is 0 Å². The normalized spacial score (nSPS) is 10.7. The Labute approximate surface area is 158 Å². The van der Waals surface area contributed by atoms with Crippen LogP contribution in [0.2, 0.25) is 0 Å². The highest BCUT2D eigenvalue weighted by Gasteiger charge is 2.31. The summed E-state index contributed by atoms with van der Waals surface area (Å²) in [6.45, 7) is 1.85. The summed E-state index contributed by atoms with van der Waals surface area (Å²) in [6.07, 6.45) is -4.82. The van der Waals surface area contributed by atoms with E-state index in [9.17, 15) is 22.8 Å². The zero-order valence-electron chi connectivity index (χ0n) is 14.7. The molecule has 2 rings (SSSR count). The highest BCUT2D eigenvalue weighted by atomic mass is 19.4. The van der Waals surface area contributed by atoms with Gasteiger partial charge in [-0.1, -0.05) is 12.1 Å². The average molecular weight is 398 g/mol. The first-order valence-electron chi connectivity index (χ1n) is 8.08. The lowest BCUT2D eigenvalue weighted by Crippen LogP contribution is -2.43. The molecule has 0 saturated heterocycles. The molecule has 2 N–H and O–H groups in total. The molecular weight excluding hydrogens is 381 g/mol. The fraction of sp³-hybridized carbons (Fsp3) is 0.222. The average Bonchev–Trinajstić information content (AvgIpc) is 2.65. The van der Waals surface area contributed by atoms with Gasteiger partial charge in [0.25, 0.3) is 11.8 Å². The lowest BCUT2D eigenvalue weighted by molar-refractivity contribution is -0.274. The molecule has 2 aromatic rings. The topological polar surface area (TPSA) is 85.9 Å². The molecule has 0 fully saturated rings. The van der Waals surface area contributed by atoms with Crippen LogP contribution in [-0.4, -0.2) is 31.4 Å². The summed E-state index contributed by atoms with van der Waals surface area (Å²) >= 11 is 0. The Bertz CT molecular complexity index is 810. The Morgan fingerprint density at radius 2 is 1.54 bits per heavy atom. The van der Waals surface area contributed by atoms with E-state index in [1.165, 1.54) is 0 Å². The van der Waals surface area contributed by atoms with Gasteiger partial charge in [0, 0.05) is 5.56 Å². The van der Waals surface area contributed by atoms with Crippen LogP contribution in [0.15, 0.2) is 48.5 Å². The molecule has 150 valence electrons. The van der Waals surface area contributed by atoms with Crippen LogP contribution in [0.1, 0.15) is 17.3 Å². The maximum Gasteiger partial charge on any atom is 0.573 e. The zero-order chi connectivity index (χ0) is 20.6. The van der Waals surface area contributed by atoms with Gasteiger partial charge in [0.05, 0.1) is 6.61 Å². The molecule has 0 radical (unpaired) electrons. The number of hydrogen-bond donors (Lipinski definition) is 2. The van der Waals surface area contributed by atoms with Crippen LogP contribution in [0.25, 0.3) is 0 Å². The van der Waals surface area contributed by atoms with Gasteiger partial charge in [-0.25, -0.2) is 0 Å². The van der Waals surface area contributed by atoms with E-state index in [-0.39, 0.29) is 12.2 Å². The zero-order valence-corrected chi connectivity index (χ0v) is 14.7. The Morgan fingerprint density at radius 1 is 0.929 bits per heavy atom. The quantitative estimate of drug-likeness (QED) is 0.701. The van der Waals surface area contributed by atoms with Crippen molar-refractivity contribution in [1.29, 1.82) is 0 Å². The maximum absolute atomic E-state index is 12.1. The van der Waals surface area contributed by atoms with Gasteiger partial charge in [-0.05, 0) is 43.3 Å². The molecule has 0 spiro atoms. The Balaban J connectivity index is 1.82. The minimum Gasteiger partial charge on any atom is -0.490 e. The number of halogens is 3. The smallest absolute Gasteiger partial charge is 0.490 e. The SMILES string of the molecule is CCOc1ccccc1OCC(=O)NNC(=O)c1ccc(OC(F)(F)F)cc1. The summed E-state index contributed by atoms with van der Waals surface area (Å²) in [6, 6.07) is 11.0. The number of nitrogens with one attached hydrogen (secondary N) is 2. The van der Waals surface area contributed by atoms with Crippen LogP contribution in [0.4, 0.5) is 13.2 Å². The Hall–Kier alpha value is -3.43. The van der Waals surface area contributed by atoms with Crippen molar-refractivity contribution in [2.45, 2.75) is 13.3 Å². The molecule has 0 aliphatic carbocycles. The second-order valence-corrected chi connectivity index (χ2v) is 5.24. The molecule has 2 amide bonds. The van der Waals surface area contributed by atoms with Crippen LogP contribution < -0.4 is 25.1 Å². The monoisotopic (exact) mass is 398 g/mol. The number of carbonyl (C=O) groups excluding carboxylic acids is 2. The summed E-state index contributed by atoms with van der Waals surface area (Å²) in [5.41, 5.74) is 4.30. The van der Waals surface area contributed by atoms with Gasteiger partial charge in [0.2, 0.25) is 0 Å². The predicted octanol–water partition coefficient (Wildman–Crippen LogP) is 2.82.